The molecule has 25 heavy (non-hydrogen) atoms. The fraction of sp³-hybridized carbons (Fsp3) is 0.0625. The van der Waals surface area contributed by atoms with E-state index >= 15 is 0 Å². The van der Waals surface area contributed by atoms with Crippen LogP contribution < -0.4 is 4.74 Å². The first-order valence-corrected chi connectivity index (χ1v) is 8.60. The van der Waals surface area contributed by atoms with Crippen molar-refractivity contribution in [3.05, 3.63) is 73.7 Å². The van der Waals surface area contributed by atoms with Gasteiger partial charge in [-0.15, -0.1) is 0 Å². The molecule has 0 saturated heterocycles. The molecule has 0 aliphatic rings. The topological polar surface area (TPSA) is 55.2 Å². The lowest BCUT2D eigenvalue weighted by Gasteiger charge is -2.10. The van der Waals surface area contributed by atoms with Crippen molar-refractivity contribution >= 4 is 53.2 Å². The van der Waals surface area contributed by atoms with E-state index in [1.807, 2.05) is 24.3 Å². The summed E-state index contributed by atoms with van der Waals surface area (Å²) in [5.74, 6) is 0.671. The van der Waals surface area contributed by atoms with Crippen LogP contribution in [0.2, 0.25) is 15.1 Å². The molecule has 2 aromatic carbocycles. The molecule has 0 bridgehead atoms. The van der Waals surface area contributed by atoms with Crippen molar-refractivity contribution in [1.82, 2.24) is 14.9 Å². The SMILES string of the molecule is S=c1[nH]ncn1/N=C/c1ccc(OCc2c(Cl)ccc(Cl)c2Cl)cc1. The van der Waals surface area contributed by atoms with E-state index in [9.17, 15) is 0 Å². The van der Waals surface area contributed by atoms with Gasteiger partial charge in [-0.25, -0.2) is 0 Å². The van der Waals surface area contributed by atoms with E-state index in [4.69, 9.17) is 51.8 Å². The van der Waals surface area contributed by atoms with Gasteiger partial charge in [-0.3, -0.25) is 5.10 Å². The maximum atomic E-state index is 6.16. The van der Waals surface area contributed by atoms with Gasteiger partial charge in [-0.2, -0.15) is 14.9 Å². The Hall–Kier alpha value is -1.86. The maximum absolute atomic E-state index is 6.16. The molecule has 0 radical (unpaired) electrons. The number of hydrogen-bond donors (Lipinski definition) is 1. The second-order valence-corrected chi connectivity index (χ2v) is 6.51. The number of nitrogens with zero attached hydrogens (tertiary/aromatic N) is 3. The molecule has 1 N–H and O–H groups in total. The van der Waals surface area contributed by atoms with E-state index in [2.05, 4.69) is 15.3 Å². The monoisotopic (exact) mass is 412 g/mol. The van der Waals surface area contributed by atoms with E-state index in [1.165, 1.54) is 11.0 Å². The van der Waals surface area contributed by atoms with E-state index in [0.717, 1.165) is 5.56 Å². The number of halogens is 3. The van der Waals surface area contributed by atoms with Crippen molar-refractivity contribution < 1.29 is 4.74 Å². The average molecular weight is 414 g/mol. The fourth-order valence-corrected chi connectivity index (χ4v) is 2.76. The van der Waals surface area contributed by atoms with Gasteiger partial charge in [0.2, 0.25) is 4.77 Å². The lowest BCUT2D eigenvalue weighted by molar-refractivity contribution is 0.306. The third-order valence-electron chi connectivity index (χ3n) is 3.27. The summed E-state index contributed by atoms with van der Waals surface area (Å²) in [7, 11) is 0. The minimum atomic E-state index is 0.218. The highest BCUT2D eigenvalue weighted by Gasteiger charge is 2.10. The highest BCUT2D eigenvalue weighted by atomic mass is 35.5. The lowest BCUT2D eigenvalue weighted by Crippen LogP contribution is -1.98. The number of hydrogen-bond acceptors (Lipinski definition) is 4. The molecule has 0 atom stereocenters. The molecule has 1 aromatic heterocycles. The Kier molecular flexibility index (Phi) is 5.75. The van der Waals surface area contributed by atoms with Crippen molar-refractivity contribution in [2.24, 2.45) is 5.10 Å². The summed E-state index contributed by atoms with van der Waals surface area (Å²) in [6, 6.07) is 10.7. The van der Waals surface area contributed by atoms with Gasteiger partial charge in [-0.1, -0.05) is 34.8 Å². The van der Waals surface area contributed by atoms with Crippen LogP contribution in [0.15, 0.2) is 47.8 Å². The van der Waals surface area contributed by atoms with Crippen molar-refractivity contribution in [2.45, 2.75) is 6.61 Å². The summed E-state index contributed by atoms with van der Waals surface area (Å²) in [5.41, 5.74) is 1.53. The zero-order chi connectivity index (χ0) is 17.8. The molecule has 128 valence electrons. The molecule has 0 aliphatic carbocycles. The van der Waals surface area contributed by atoms with E-state index in [0.29, 0.717) is 31.2 Å². The quantitative estimate of drug-likeness (QED) is 0.348. The van der Waals surface area contributed by atoms with Crippen LogP contribution in [-0.2, 0) is 6.61 Å². The van der Waals surface area contributed by atoms with Gasteiger partial charge < -0.3 is 4.74 Å². The van der Waals surface area contributed by atoms with Crippen LogP contribution in [0.4, 0.5) is 0 Å². The van der Waals surface area contributed by atoms with Crippen molar-refractivity contribution in [2.75, 3.05) is 0 Å². The number of aromatic amines is 1. The number of aromatic nitrogens is 3. The molecule has 0 fully saturated rings. The van der Waals surface area contributed by atoms with Crippen molar-refractivity contribution in [3.63, 3.8) is 0 Å². The third-order valence-corrected chi connectivity index (χ3v) is 4.74. The zero-order valence-electron chi connectivity index (χ0n) is 12.6. The van der Waals surface area contributed by atoms with Crippen molar-refractivity contribution in [1.29, 1.82) is 0 Å². The average Bonchev–Trinajstić information content (AvgIpc) is 3.02. The minimum absolute atomic E-state index is 0.218. The first-order chi connectivity index (χ1) is 12.0. The smallest absolute Gasteiger partial charge is 0.216 e. The summed E-state index contributed by atoms with van der Waals surface area (Å²) in [4.78, 5) is 0. The van der Waals surface area contributed by atoms with Crippen LogP contribution in [0.25, 0.3) is 0 Å². The molecular formula is C16H11Cl3N4OS. The van der Waals surface area contributed by atoms with Gasteiger partial charge in [0.05, 0.1) is 16.3 Å². The fourth-order valence-electron chi connectivity index (χ4n) is 1.96. The Morgan fingerprint density at radius 2 is 1.84 bits per heavy atom. The van der Waals surface area contributed by atoms with E-state index < -0.39 is 0 Å². The zero-order valence-corrected chi connectivity index (χ0v) is 15.7. The van der Waals surface area contributed by atoms with Crippen LogP contribution in [0.3, 0.4) is 0 Å². The molecule has 3 aromatic rings. The van der Waals surface area contributed by atoms with Gasteiger partial charge in [0, 0.05) is 10.6 Å². The van der Waals surface area contributed by atoms with Gasteiger partial charge in [0.25, 0.3) is 0 Å². The Labute approximate surface area is 163 Å². The number of benzene rings is 2. The third kappa shape index (κ3) is 4.41. The Balaban J connectivity index is 1.67. The second-order valence-electron chi connectivity index (χ2n) is 4.93. The number of ether oxygens (including phenoxy) is 1. The lowest BCUT2D eigenvalue weighted by atomic mass is 10.2. The first-order valence-electron chi connectivity index (χ1n) is 7.06. The molecule has 5 nitrogen and oxygen atoms in total. The van der Waals surface area contributed by atoms with Crippen LogP contribution in [-0.4, -0.2) is 21.1 Å². The Bertz CT molecular complexity index is 966. The highest BCUT2D eigenvalue weighted by molar-refractivity contribution is 7.71. The van der Waals surface area contributed by atoms with Crippen LogP contribution >= 0.6 is 47.0 Å². The molecule has 3 rings (SSSR count). The molecule has 0 aliphatic heterocycles. The van der Waals surface area contributed by atoms with Gasteiger partial charge in [-0.05, 0) is 54.2 Å². The summed E-state index contributed by atoms with van der Waals surface area (Å²) >= 11 is 23.3. The summed E-state index contributed by atoms with van der Waals surface area (Å²) < 4.78 is 7.61. The predicted molar refractivity (Wildman–Crippen MR) is 103 cm³/mol. The van der Waals surface area contributed by atoms with Gasteiger partial charge in [0.1, 0.15) is 18.7 Å². The molecule has 0 amide bonds. The molecule has 0 unspecified atom stereocenters. The van der Waals surface area contributed by atoms with E-state index in [-0.39, 0.29) is 6.61 Å². The molecule has 9 heteroatoms. The normalized spacial score (nSPS) is 11.2. The number of rotatable bonds is 5. The number of nitrogens with one attached hydrogen (secondary N) is 1. The Morgan fingerprint density at radius 3 is 2.52 bits per heavy atom. The second kappa shape index (κ2) is 8.01. The largest absolute Gasteiger partial charge is 0.489 e. The molecular weight excluding hydrogens is 403 g/mol. The predicted octanol–water partition coefficient (Wildman–Crippen LogP) is 5.36. The molecule has 0 saturated carbocycles. The van der Waals surface area contributed by atoms with Crippen LogP contribution in [0, 0.1) is 4.77 Å². The molecule has 1 heterocycles. The van der Waals surface area contributed by atoms with Crippen LogP contribution in [0.5, 0.6) is 5.75 Å². The Morgan fingerprint density at radius 1 is 1.12 bits per heavy atom. The standard InChI is InChI=1S/C16H11Cl3N4OS/c17-13-5-6-14(18)15(19)12(13)8-24-11-3-1-10(2-4-11)7-21-23-9-20-22-16(23)25/h1-7,9H,8H2,(H,22,25)/b21-7+. The summed E-state index contributed by atoms with van der Waals surface area (Å²) in [5, 5.41) is 12.0. The number of H-pyrrole nitrogens is 1. The highest BCUT2D eigenvalue weighted by Crippen LogP contribution is 2.32. The summed E-state index contributed by atoms with van der Waals surface area (Å²) in [6.07, 6.45) is 3.16. The molecule has 0 spiro atoms. The van der Waals surface area contributed by atoms with E-state index in [1.54, 1.807) is 18.3 Å². The van der Waals surface area contributed by atoms with Gasteiger partial charge in [0.15, 0.2) is 0 Å². The maximum Gasteiger partial charge on any atom is 0.216 e. The first kappa shape index (κ1) is 17.9. The van der Waals surface area contributed by atoms with Crippen LogP contribution in [0.1, 0.15) is 11.1 Å². The summed E-state index contributed by atoms with van der Waals surface area (Å²) in [6.45, 7) is 0.218. The van der Waals surface area contributed by atoms with Crippen molar-refractivity contribution in [3.8, 4) is 5.75 Å². The van der Waals surface area contributed by atoms with Gasteiger partial charge >= 0.3 is 0 Å². The minimum Gasteiger partial charge on any atom is -0.489 e.